The van der Waals surface area contributed by atoms with Crippen LogP contribution in [-0.4, -0.2) is 43.7 Å². The molecule has 0 aromatic heterocycles. The maximum atomic E-state index is 12.5. The first-order chi connectivity index (χ1) is 9.26. The summed E-state index contributed by atoms with van der Waals surface area (Å²) < 4.78 is 5.28. The van der Waals surface area contributed by atoms with Gasteiger partial charge in [0.05, 0.1) is 18.2 Å². The predicted molar refractivity (Wildman–Crippen MR) is 73.7 cm³/mol. The summed E-state index contributed by atoms with van der Waals surface area (Å²) in [6.07, 6.45) is 1.03. The highest BCUT2D eigenvalue weighted by Gasteiger charge is 2.27. The van der Waals surface area contributed by atoms with Crippen molar-refractivity contribution in [2.75, 3.05) is 26.7 Å². The van der Waals surface area contributed by atoms with Gasteiger partial charge >= 0.3 is 0 Å². The molecule has 2 N–H and O–H groups in total. The molecular weight excluding hydrogens is 240 g/mol. The summed E-state index contributed by atoms with van der Waals surface area (Å²) in [5.41, 5.74) is 6.75. The van der Waals surface area contributed by atoms with Crippen LogP contribution in [0.5, 0.6) is 0 Å². The number of rotatable bonds is 2. The monoisotopic (exact) mass is 258 g/mol. The Balaban J connectivity index is 2.20. The number of hydrogen-bond donors (Lipinski definition) is 1. The van der Waals surface area contributed by atoms with E-state index in [1.54, 1.807) is 7.11 Å². The molecule has 2 rings (SSSR count). The molecule has 1 aliphatic rings. The van der Waals surface area contributed by atoms with Gasteiger partial charge in [-0.1, -0.05) is 24.0 Å². The molecule has 1 saturated heterocycles. The lowest BCUT2D eigenvalue weighted by Crippen LogP contribution is -2.30. The summed E-state index contributed by atoms with van der Waals surface area (Å²) in [6.45, 7) is 1.67. The first kappa shape index (κ1) is 13.6. The third kappa shape index (κ3) is 3.14. The van der Waals surface area contributed by atoms with Crippen LogP contribution < -0.4 is 5.73 Å². The highest BCUT2D eigenvalue weighted by atomic mass is 16.5. The average molecular weight is 258 g/mol. The van der Waals surface area contributed by atoms with Gasteiger partial charge in [0, 0.05) is 25.8 Å². The van der Waals surface area contributed by atoms with E-state index in [-0.39, 0.29) is 18.6 Å². The molecule has 1 unspecified atom stereocenters. The SMILES string of the molecule is COC1CCN(C(=O)c2ccccc2C#CCN)C1. The van der Waals surface area contributed by atoms with Crippen molar-refractivity contribution in [2.45, 2.75) is 12.5 Å². The smallest absolute Gasteiger partial charge is 0.255 e. The third-order valence-corrected chi connectivity index (χ3v) is 3.25. The van der Waals surface area contributed by atoms with Crippen molar-refractivity contribution < 1.29 is 9.53 Å². The van der Waals surface area contributed by atoms with Crippen LogP contribution in [0.4, 0.5) is 0 Å². The Labute approximate surface area is 113 Å². The molecule has 100 valence electrons. The number of methoxy groups -OCH3 is 1. The number of benzene rings is 1. The molecule has 1 aromatic carbocycles. The van der Waals surface area contributed by atoms with E-state index in [1.807, 2.05) is 29.2 Å². The lowest BCUT2D eigenvalue weighted by molar-refractivity contribution is 0.0724. The summed E-state index contributed by atoms with van der Waals surface area (Å²) in [4.78, 5) is 14.3. The molecule has 1 amide bonds. The van der Waals surface area contributed by atoms with Gasteiger partial charge in [-0.15, -0.1) is 0 Å². The zero-order valence-electron chi connectivity index (χ0n) is 11.1. The van der Waals surface area contributed by atoms with Crippen LogP contribution in [0.15, 0.2) is 24.3 Å². The predicted octanol–water partition coefficient (Wildman–Crippen LogP) is 0.858. The van der Waals surface area contributed by atoms with Gasteiger partial charge in [0.25, 0.3) is 5.91 Å². The Bertz CT molecular complexity index is 516. The van der Waals surface area contributed by atoms with Gasteiger partial charge in [-0.2, -0.15) is 0 Å². The van der Waals surface area contributed by atoms with Gasteiger partial charge in [0.1, 0.15) is 0 Å². The molecular formula is C15H18N2O2. The summed E-state index contributed by atoms with van der Waals surface area (Å²) in [5, 5.41) is 0. The second kappa shape index (κ2) is 6.37. The molecule has 4 nitrogen and oxygen atoms in total. The van der Waals surface area contributed by atoms with E-state index in [1.165, 1.54) is 0 Å². The molecule has 0 spiro atoms. The van der Waals surface area contributed by atoms with Crippen LogP contribution in [-0.2, 0) is 4.74 Å². The maximum absolute atomic E-state index is 12.5. The standard InChI is InChI=1S/C15H18N2O2/c1-19-13-8-10-17(11-13)15(18)14-7-3-2-5-12(14)6-4-9-16/h2-3,5,7,13H,8-11,16H2,1H3. The van der Waals surface area contributed by atoms with E-state index in [9.17, 15) is 4.79 Å². The molecule has 1 aromatic rings. The Morgan fingerprint density at radius 1 is 1.53 bits per heavy atom. The lowest BCUT2D eigenvalue weighted by Gasteiger charge is -2.17. The fraction of sp³-hybridized carbons (Fsp3) is 0.400. The van der Waals surface area contributed by atoms with Crippen LogP contribution in [0.1, 0.15) is 22.3 Å². The van der Waals surface area contributed by atoms with Crippen molar-refractivity contribution in [3.05, 3.63) is 35.4 Å². The van der Waals surface area contributed by atoms with E-state index in [0.717, 1.165) is 18.5 Å². The molecule has 1 atom stereocenters. The molecule has 1 fully saturated rings. The van der Waals surface area contributed by atoms with Crippen LogP contribution in [0.25, 0.3) is 0 Å². The van der Waals surface area contributed by atoms with E-state index in [4.69, 9.17) is 10.5 Å². The molecule has 0 radical (unpaired) electrons. The third-order valence-electron chi connectivity index (χ3n) is 3.25. The summed E-state index contributed by atoms with van der Waals surface area (Å²) in [7, 11) is 1.68. The fourth-order valence-corrected chi connectivity index (χ4v) is 2.20. The Morgan fingerprint density at radius 2 is 2.32 bits per heavy atom. The Hall–Kier alpha value is -1.83. The van der Waals surface area contributed by atoms with Gasteiger partial charge in [-0.3, -0.25) is 4.79 Å². The summed E-state index contributed by atoms with van der Waals surface area (Å²) in [6, 6.07) is 7.38. The molecule has 0 aliphatic carbocycles. The van der Waals surface area contributed by atoms with Crippen molar-refractivity contribution >= 4 is 5.91 Å². The van der Waals surface area contributed by atoms with Gasteiger partial charge in [0.2, 0.25) is 0 Å². The average Bonchev–Trinajstić information content (AvgIpc) is 2.93. The second-order valence-corrected chi connectivity index (χ2v) is 4.45. The number of hydrogen-bond acceptors (Lipinski definition) is 3. The van der Waals surface area contributed by atoms with Gasteiger partial charge < -0.3 is 15.4 Å². The molecule has 1 aliphatic heterocycles. The van der Waals surface area contributed by atoms with Crippen LogP contribution in [0.3, 0.4) is 0 Å². The Morgan fingerprint density at radius 3 is 3.00 bits per heavy atom. The summed E-state index contributed by atoms with van der Waals surface area (Å²) in [5.74, 6) is 5.76. The fourth-order valence-electron chi connectivity index (χ4n) is 2.20. The minimum Gasteiger partial charge on any atom is -0.380 e. The highest BCUT2D eigenvalue weighted by molar-refractivity contribution is 5.97. The van der Waals surface area contributed by atoms with Gasteiger partial charge in [-0.05, 0) is 18.6 Å². The van der Waals surface area contributed by atoms with Gasteiger partial charge in [-0.25, -0.2) is 0 Å². The van der Waals surface area contributed by atoms with Crippen LogP contribution >= 0.6 is 0 Å². The molecule has 0 bridgehead atoms. The minimum absolute atomic E-state index is 0.0153. The Kier molecular flexibility index (Phi) is 4.56. The largest absolute Gasteiger partial charge is 0.380 e. The first-order valence-electron chi connectivity index (χ1n) is 6.36. The zero-order chi connectivity index (χ0) is 13.7. The lowest BCUT2D eigenvalue weighted by atomic mass is 10.1. The van der Waals surface area contributed by atoms with Crippen molar-refractivity contribution in [1.82, 2.24) is 4.90 Å². The van der Waals surface area contributed by atoms with E-state index in [2.05, 4.69) is 11.8 Å². The number of nitrogens with zero attached hydrogens (tertiary/aromatic N) is 1. The van der Waals surface area contributed by atoms with E-state index >= 15 is 0 Å². The van der Waals surface area contributed by atoms with E-state index < -0.39 is 0 Å². The van der Waals surface area contributed by atoms with Crippen molar-refractivity contribution in [2.24, 2.45) is 5.73 Å². The second-order valence-electron chi connectivity index (χ2n) is 4.45. The normalized spacial score (nSPS) is 18.0. The summed E-state index contributed by atoms with van der Waals surface area (Å²) >= 11 is 0. The molecule has 4 heteroatoms. The van der Waals surface area contributed by atoms with Gasteiger partial charge in [0.15, 0.2) is 0 Å². The zero-order valence-corrected chi connectivity index (χ0v) is 11.1. The minimum atomic E-state index is 0.0153. The topological polar surface area (TPSA) is 55.6 Å². The van der Waals surface area contributed by atoms with Crippen LogP contribution in [0.2, 0.25) is 0 Å². The number of amides is 1. The number of carbonyl (C=O) groups is 1. The number of nitrogens with two attached hydrogens (primary N) is 1. The van der Waals surface area contributed by atoms with Crippen molar-refractivity contribution in [3.8, 4) is 11.8 Å². The first-order valence-corrected chi connectivity index (χ1v) is 6.36. The number of carbonyl (C=O) groups excluding carboxylic acids is 1. The molecule has 0 saturated carbocycles. The quantitative estimate of drug-likeness (QED) is 0.800. The molecule has 19 heavy (non-hydrogen) atoms. The maximum Gasteiger partial charge on any atom is 0.255 e. The number of likely N-dealkylation sites (tertiary alicyclic amines) is 1. The highest BCUT2D eigenvalue weighted by Crippen LogP contribution is 2.17. The number of ether oxygens (including phenoxy) is 1. The van der Waals surface area contributed by atoms with Crippen molar-refractivity contribution in [1.29, 1.82) is 0 Å². The van der Waals surface area contributed by atoms with Crippen LogP contribution in [0, 0.1) is 11.8 Å². The van der Waals surface area contributed by atoms with Crippen molar-refractivity contribution in [3.63, 3.8) is 0 Å². The molecule has 1 heterocycles. The van der Waals surface area contributed by atoms with E-state index in [0.29, 0.717) is 12.1 Å².